The second kappa shape index (κ2) is 6.89. The minimum absolute atomic E-state index is 0.0123. The Kier molecular flexibility index (Phi) is 4.51. The summed E-state index contributed by atoms with van der Waals surface area (Å²) in [6, 6.07) is 11.9. The molecule has 2 aromatic rings. The third-order valence-corrected chi connectivity index (χ3v) is 7.50. The topological polar surface area (TPSA) is 41.6 Å². The van der Waals surface area contributed by atoms with Crippen LogP contribution in [0.5, 0.6) is 0 Å². The number of nitrogens with zero attached hydrogens (tertiary/aromatic N) is 1. The number of benzene rings is 1. The minimum Gasteiger partial charge on any atom is -0.370 e. The molecule has 1 spiro atoms. The third-order valence-electron chi connectivity index (χ3n) is 6.39. The molecule has 0 aliphatic carbocycles. The van der Waals surface area contributed by atoms with Crippen molar-refractivity contribution < 1.29 is 9.53 Å². The predicted molar refractivity (Wildman–Crippen MR) is 107 cm³/mol. The van der Waals surface area contributed by atoms with Crippen LogP contribution in [0.25, 0.3) is 0 Å². The van der Waals surface area contributed by atoms with E-state index < -0.39 is 0 Å². The number of halogens is 1. The van der Waals surface area contributed by atoms with E-state index in [1.807, 2.05) is 35.7 Å². The number of amides is 1. The number of rotatable bonds is 5. The van der Waals surface area contributed by atoms with Crippen molar-refractivity contribution in [1.29, 1.82) is 0 Å². The van der Waals surface area contributed by atoms with Gasteiger partial charge >= 0.3 is 0 Å². The van der Waals surface area contributed by atoms with Crippen molar-refractivity contribution in [3.8, 4) is 0 Å². The number of likely N-dealkylation sites (tertiary alicyclic amines) is 1. The maximum Gasteiger partial charge on any atom is 0.261 e. The number of thiophene rings is 1. The molecule has 3 aliphatic heterocycles. The van der Waals surface area contributed by atoms with E-state index in [1.165, 1.54) is 16.9 Å². The number of hydrogen-bond acceptors (Lipinski definition) is 4. The average molecular weight is 403 g/mol. The lowest BCUT2D eigenvalue weighted by Gasteiger charge is -2.29. The van der Waals surface area contributed by atoms with Gasteiger partial charge in [-0.15, -0.1) is 11.3 Å². The van der Waals surface area contributed by atoms with Crippen molar-refractivity contribution in [3.05, 3.63) is 57.2 Å². The van der Waals surface area contributed by atoms with E-state index in [1.54, 1.807) is 0 Å². The number of fused-ring (bicyclic) bond motifs is 1. The number of hydrogen-bond donors (Lipinski definition) is 1. The standard InChI is InChI=1S/C21H23ClN2O2S/c22-15-4-1-3-14(9-15)11-24-12-17-16(18-6-7-21(17,13-24)26-18)10-23-20(25)19-5-2-8-27-19/h1-5,8-9,16-18H,6-7,10-13H2,(H,23,25)/t16-,17+,18+,21+/m0/s1. The van der Waals surface area contributed by atoms with Gasteiger partial charge in [0.2, 0.25) is 0 Å². The molecule has 4 atom stereocenters. The molecule has 3 saturated heterocycles. The van der Waals surface area contributed by atoms with E-state index in [4.69, 9.17) is 16.3 Å². The van der Waals surface area contributed by atoms with Crippen molar-refractivity contribution >= 4 is 28.8 Å². The Morgan fingerprint density at radius 3 is 3.11 bits per heavy atom. The molecular weight excluding hydrogens is 380 g/mol. The second-order valence-electron chi connectivity index (χ2n) is 8.02. The first-order chi connectivity index (χ1) is 13.1. The Bertz CT molecular complexity index is 842. The number of carbonyl (C=O) groups is 1. The Morgan fingerprint density at radius 2 is 2.30 bits per heavy atom. The van der Waals surface area contributed by atoms with Gasteiger partial charge in [0.15, 0.2) is 0 Å². The Balaban J connectivity index is 1.26. The van der Waals surface area contributed by atoms with Crippen LogP contribution < -0.4 is 5.32 Å². The van der Waals surface area contributed by atoms with E-state index >= 15 is 0 Å². The molecule has 0 radical (unpaired) electrons. The van der Waals surface area contributed by atoms with E-state index in [-0.39, 0.29) is 11.5 Å². The van der Waals surface area contributed by atoms with Gasteiger partial charge in [0.05, 0.1) is 16.6 Å². The SMILES string of the molecule is O=C(NC[C@H]1[C@H]2CN(Cc3cccc(Cl)c3)C[C@]23CC[C@H]1O3)c1cccs1. The van der Waals surface area contributed by atoms with Crippen LogP contribution in [0.1, 0.15) is 28.1 Å². The summed E-state index contributed by atoms with van der Waals surface area (Å²) in [4.78, 5) is 15.6. The van der Waals surface area contributed by atoms with Gasteiger partial charge in [0.25, 0.3) is 5.91 Å². The monoisotopic (exact) mass is 402 g/mol. The van der Waals surface area contributed by atoms with Crippen LogP contribution in [-0.4, -0.2) is 42.1 Å². The highest BCUT2D eigenvalue weighted by Gasteiger charge is 2.62. The second-order valence-corrected chi connectivity index (χ2v) is 9.40. The zero-order valence-electron chi connectivity index (χ0n) is 15.1. The van der Waals surface area contributed by atoms with Crippen molar-refractivity contribution in [2.75, 3.05) is 19.6 Å². The predicted octanol–water partition coefficient (Wildman–Crippen LogP) is 3.81. The molecule has 5 rings (SSSR count). The summed E-state index contributed by atoms with van der Waals surface area (Å²) in [5.41, 5.74) is 1.23. The fourth-order valence-corrected chi connectivity index (χ4v) is 6.13. The summed E-state index contributed by atoms with van der Waals surface area (Å²) in [6.07, 6.45) is 2.55. The van der Waals surface area contributed by atoms with Gasteiger partial charge in [-0.25, -0.2) is 0 Å². The van der Waals surface area contributed by atoms with Gasteiger partial charge in [0, 0.05) is 43.0 Å². The molecule has 6 heteroatoms. The lowest BCUT2D eigenvalue weighted by atomic mass is 9.73. The maximum atomic E-state index is 12.3. The van der Waals surface area contributed by atoms with Crippen molar-refractivity contribution in [1.82, 2.24) is 10.2 Å². The van der Waals surface area contributed by atoms with Crippen LogP contribution in [-0.2, 0) is 11.3 Å². The van der Waals surface area contributed by atoms with Gasteiger partial charge in [-0.1, -0.05) is 29.8 Å². The highest BCUT2D eigenvalue weighted by Crippen LogP contribution is 2.54. The number of ether oxygens (including phenoxy) is 1. The molecule has 0 saturated carbocycles. The Hall–Kier alpha value is -1.40. The van der Waals surface area contributed by atoms with Crippen LogP contribution in [0.4, 0.5) is 0 Å². The highest BCUT2D eigenvalue weighted by atomic mass is 35.5. The largest absolute Gasteiger partial charge is 0.370 e. The van der Waals surface area contributed by atoms with Gasteiger partial charge in [0.1, 0.15) is 0 Å². The summed E-state index contributed by atoms with van der Waals surface area (Å²) >= 11 is 7.63. The molecule has 4 nitrogen and oxygen atoms in total. The lowest BCUT2D eigenvalue weighted by molar-refractivity contribution is 0.00212. The minimum atomic E-state index is -0.0123. The van der Waals surface area contributed by atoms with Gasteiger partial charge in [-0.3, -0.25) is 9.69 Å². The molecule has 27 heavy (non-hydrogen) atoms. The zero-order valence-corrected chi connectivity index (χ0v) is 16.6. The van der Waals surface area contributed by atoms with Gasteiger partial charge in [-0.05, 0) is 42.0 Å². The molecule has 4 heterocycles. The van der Waals surface area contributed by atoms with E-state index in [0.29, 0.717) is 24.5 Å². The smallest absolute Gasteiger partial charge is 0.261 e. The summed E-state index contributed by atoms with van der Waals surface area (Å²) in [6.45, 7) is 3.62. The normalized spacial score (nSPS) is 32.0. The molecule has 3 aliphatic rings. The first kappa shape index (κ1) is 17.7. The third kappa shape index (κ3) is 3.21. The van der Waals surface area contributed by atoms with Crippen molar-refractivity contribution in [2.45, 2.75) is 31.1 Å². The fraction of sp³-hybridized carbons (Fsp3) is 0.476. The average Bonchev–Trinajstić information content (AvgIpc) is 3.40. The molecule has 1 aromatic heterocycles. The number of nitrogens with one attached hydrogen (secondary N) is 1. The summed E-state index contributed by atoms with van der Waals surface area (Å²) in [5.74, 6) is 0.946. The molecular formula is C21H23ClN2O2S. The molecule has 0 unspecified atom stereocenters. The lowest BCUT2D eigenvalue weighted by Crippen LogP contribution is -2.41. The Labute approximate surface area is 168 Å². The van der Waals surface area contributed by atoms with Crippen LogP contribution in [0.2, 0.25) is 5.02 Å². The molecule has 1 N–H and O–H groups in total. The first-order valence-corrected chi connectivity index (χ1v) is 10.9. The Morgan fingerprint density at radius 1 is 1.37 bits per heavy atom. The van der Waals surface area contributed by atoms with Crippen LogP contribution in [0.3, 0.4) is 0 Å². The van der Waals surface area contributed by atoms with E-state index in [9.17, 15) is 4.79 Å². The molecule has 2 bridgehead atoms. The fourth-order valence-electron chi connectivity index (χ4n) is 5.28. The van der Waals surface area contributed by atoms with Crippen LogP contribution in [0.15, 0.2) is 41.8 Å². The van der Waals surface area contributed by atoms with Crippen LogP contribution in [0, 0.1) is 11.8 Å². The quantitative estimate of drug-likeness (QED) is 0.826. The highest BCUT2D eigenvalue weighted by molar-refractivity contribution is 7.12. The first-order valence-electron chi connectivity index (χ1n) is 9.59. The summed E-state index contributed by atoms with van der Waals surface area (Å²) < 4.78 is 6.49. The summed E-state index contributed by atoms with van der Waals surface area (Å²) in [7, 11) is 0. The van der Waals surface area contributed by atoms with Crippen molar-refractivity contribution in [2.24, 2.45) is 11.8 Å². The van der Waals surface area contributed by atoms with E-state index in [0.717, 1.165) is 42.4 Å². The number of carbonyl (C=O) groups excluding carboxylic acids is 1. The maximum absolute atomic E-state index is 12.3. The van der Waals surface area contributed by atoms with Gasteiger partial charge in [-0.2, -0.15) is 0 Å². The van der Waals surface area contributed by atoms with E-state index in [2.05, 4.69) is 16.3 Å². The molecule has 3 fully saturated rings. The molecule has 1 amide bonds. The molecule has 1 aromatic carbocycles. The zero-order chi connectivity index (χ0) is 18.4. The van der Waals surface area contributed by atoms with Crippen molar-refractivity contribution in [3.63, 3.8) is 0 Å². The summed E-state index contributed by atoms with van der Waals surface area (Å²) in [5, 5.41) is 5.88. The molecule has 142 valence electrons. The van der Waals surface area contributed by atoms with Gasteiger partial charge < -0.3 is 10.1 Å². The van der Waals surface area contributed by atoms with Crippen LogP contribution >= 0.6 is 22.9 Å².